The number of Topliss-reactive ketones (excluding diaryl/α,β-unsaturated/α-hetero) is 1. The zero-order valence-corrected chi connectivity index (χ0v) is 11.1. The summed E-state index contributed by atoms with van der Waals surface area (Å²) in [5.41, 5.74) is 0.262. The summed E-state index contributed by atoms with van der Waals surface area (Å²) in [5, 5.41) is 16.0. The Bertz CT molecular complexity index is 605. The van der Waals surface area contributed by atoms with E-state index in [1.165, 1.54) is 19.1 Å². The summed E-state index contributed by atoms with van der Waals surface area (Å²) < 4.78 is 18.0. The molecule has 0 aliphatic heterocycles. The smallest absolute Gasteiger partial charge is 0.338 e. The van der Waals surface area contributed by atoms with Gasteiger partial charge in [-0.15, -0.1) is 0 Å². The molecule has 5 nitrogen and oxygen atoms in total. The van der Waals surface area contributed by atoms with Crippen molar-refractivity contribution in [2.75, 3.05) is 6.61 Å². The van der Waals surface area contributed by atoms with E-state index in [2.05, 4.69) is 0 Å². The molecule has 0 saturated heterocycles. The molecule has 0 unspecified atom stereocenters. The minimum atomic E-state index is -1.22. The van der Waals surface area contributed by atoms with Crippen molar-refractivity contribution in [2.24, 2.45) is 5.92 Å². The monoisotopic (exact) mass is 276 g/mol. The molecule has 1 N–H and O–H groups in total. The number of carbonyl (C=O) groups is 2. The SMILES string of the molecule is CC(=N)[C@@H](C#N)C(=O)COC(=O)c1ccc(C)c(F)c1. The van der Waals surface area contributed by atoms with Crippen LogP contribution in [0.25, 0.3) is 0 Å². The van der Waals surface area contributed by atoms with Crippen LogP contribution in [0.3, 0.4) is 0 Å². The Kier molecular flexibility index (Phi) is 5.09. The van der Waals surface area contributed by atoms with Crippen LogP contribution < -0.4 is 0 Å². The van der Waals surface area contributed by atoms with Gasteiger partial charge < -0.3 is 10.1 Å². The van der Waals surface area contributed by atoms with E-state index in [1.54, 1.807) is 13.0 Å². The average molecular weight is 276 g/mol. The first-order chi connectivity index (χ1) is 9.36. The maximum Gasteiger partial charge on any atom is 0.338 e. The van der Waals surface area contributed by atoms with Gasteiger partial charge in [-0.1, -0.05) is 6.07 Å². The van der Waals surface area contributed by atoms with Gasteiger partial charge in [-0.2, -0.15) is 5.26 Å². The summed E-state index contributed by atoms with van der Waals surface area (Å²) in [4.78, 5) is 23.2. The van der Waals surface area contributed by atoms with Crippen LogP contribution in [-0.2, 0) is 9.53 Å². The molecule has 1 aromatic rings. The number of nitrogens with zero attached hydrogens (tertiary/aromatic N) is 1. The van der Waals surface area contributed by atoms with Crippen LogP contribution in [-0.4, -0.2) is 24.1 Å². The van der Waals surface area contributed by atoms with E-state index in [0.717, 1.165) is 6.07 Å². The van der Waals surface area contributed by atoms with Crippen LogP contribution >= 0.6 is 0 Å². The highest BCUT2D eigenvalue weighted by atomic mass is 19.1. The third kappa shape index (κ3) is 3.72. The first-order valence-corrected chi connectivity index (χ1v) is 5.77. The van der Waals surface area contributed by atoms with Gasteiger partial charge in [-0.3, -0.25) is 4.79 Å². The first kappa shape index (κ1) is 15.5. The molecule has 0 aliphatic rings. The lowest BCUT2D eigenvalue weighted by atomic mass is 10.0. The molecule has 0 bridgehead atoms. The van der Waals surface area contributed by atoms with Crippen LogP contribution in [0.5, 0.6) is 0 Å². The Labute approximate surface area is 115 Å². The Balaban J connectivity index is 2.68. The minimum absolute atomic E-state index is 0.0130. The molecule has 0 spiro atoms. The summed E-state index contributed by atoms with van der Waals surface area (Å²) in [5.74, 6) is -3.30. The second-order valence-corrected chi connectivity index (χ2v) is 4.25. The van der Waals surface area contributed by atoms with Crippen molar-refractivity contribution in [2.45, 2.75) is 13.8 Å². The van der Waals surface area contributed by atoms with Crippen molar-refractivity contribution >= 4 is 17.5 Å². The van der Waals surface area contributed by atoms with Gasteiger partial charge in [-0.25, -0.2) is 9.18 Å². The molecule has 0 aromatic heterocycles. The molecule has 0 fully saturated rings. The summed E-state index contributed by atoms with van der Waals surface area (Å²) in [6.45, 7) is 2.25. The van der Waals surface area contributed by atoms with E-state index in [0.29, 0.717) is 5.56 Å². The summed E-state index contributed by atoms with van der Waals surface area (Å²) >= 11 is 0. The second kappa shape index (κ2) is 6.57. The lowest BCUT2D eigenvalue weighted by molar-refractivity contribution is -0.122. The number of halogens is 1. The number of benzene rings is 1. The number of aryl methyl sites for hydroxylation is 1. The Morgan fingerprint density at radius 3 is 2.65 bits per heavy atom. The summed E-state index contributed by atoms with van der Waals surface area (Å²) in [7, 11) is 0. The molecule has 1 aromatic carbocycles. The molecule has 0 radical (unpaired) electrons. The Morgan fingerprint density at radius 1 is 1.50 bits per heavy atom. The molecule has 0 amide bonds. The number of ether oxygens (including phenoxy) is 1. The number of ketones is 1. The van der Waals surface area contributed by atoms with Gasteiger partial charge in [-0.05, 0) is 31.5 Å². The van der Waals surface area contributed by atoms with E-state index in [-0.39, 0.29) is 11.3 Å². The van der Waals surface area contributed by atoms with Gasteiger partial charge >= 0.3 is 5.97 Å². The van der Waals surface area contributed by atoms with Crippen LogP contribution in [0, 0.1) is 35.4 Å². The highest BCUT2D eigenvalue weighted by Crippen LogP contribution is 2.10. The van der Waals surface area contributed by atoms with Crippen molar-refractivity contribution in [3.05, 3.63) is 35.1 Å². The van der Waals surface area contributed by atoms with Gasteiger partial charge in [0, 0.05) is 5.71 Å². The van der Waals surface area contributed by atoms with Crippen LogP contribution in [0.15, 0.2) is 18.2 Å². The molecule has 0 saturated carbocycles. The van der Waals surface area contributed by atoms with Gasteiger partial charge in [0.25, 0.3) is 0 Å². The Hall–Kier alpha value is -2.55. The van der Waals surface area contributed by atoms with Gasteiger partial charge in [0.05, 0.1) is 11.6 Å². The fourth-order valence-electron chi connectivity index (χ4n) is 1.43. The molecule has 1 rings (SSSR count). The highest BCUT2D eigenvalue weighted by molar-refractivity contribution is 6.06. The van der Waals surface area contributed by atoms with Crippen molar-refractivity contribution in [3.8, 4) is 6.07 Å². The topological polar surface area (TPSA) is 91.0 Å². The molecular weight excluding hydrogens is 263 g/mol. The largest absolute Gasteiger partial charge is 0.454 e. The lowest BCUT2D eigenvalue weighted by Gasteiger charge is -2.08. The highest BCUT2D eigenvalue weighted by Gasteiger charge is 2.21. The predicted octanol–water partition coefficient (Wildman–Crippen LogP) is 2.04. The molecule has 1 atom stereocenters. The predicted molar refractivity (Wildman–Crippen MR) is 68.9 cm³/mol. The van der Waals surface area contributed by atoms with Crippen LogP contribution in [0.1, 0.15) is 22.8 Å². The van der Waals surface area contributed by atoms with Gasteiger partial charge in [0.15, 0.2) is 12.4 Å². The van der Waals surface area contributed by atoms with E-state index >= 15 is 0 Å². The molecule has 104 valence electrons. The van der Waals surface area contributed by atoms with E-state index in [9.17, 15) is 14.0 Å². The van der Waals surface area contributed by atoms with Crippen molar-refractivity contribution in [3.63, 3.8) is 0 Å². The van der Waals surface area contributed by atoms with E-state index in [4.69, 9.17) is 15.4 Å². The first-order valence-electron chi connectivity index (χ1n) is 5.77. The quantitative estimate of drug-likeness (QED) is 0.658. The maximum atomic E-state index is 13.3. The normalized spacial score (nSPS) is 11.3. The van der Waals surface area contributed by atoms with Crippen molar-refractivity contribution < 1.29 is 18.7 Å². The van der Waals surface area contributed by atoms with Crippen molar-refractivity contribution in [1.82, 2.24) is 0 Å². The summed E-state index contributed by atoms with van der Waals surface area (Å²) in [6, 6.07) is 5.48. The third-order valence-electron chi connectivity index (χ3n) is 2.64. The Morgan fingerprint density at radius 2 is 2.15 bits per heavy atom. The van der Waals surface area contributed by atoms with Gasteiger partial charge in [0.1, 0.15) is 11.7 Å². The zero-order valence-electron chi connectivity index (χ0n) is 11.1. The van der Waals surface area contributed by atoms with Gasteiger partial charge in [0.2, 0.25) is 0 Å². The number of hydrogen-bond acceptors (Lipinski definition) is 5. The average Bonchev–Trinajstić information content (AvgIpc) is 2.39. The van der Waals surface area contributed by atoms with E-state index < -0.39 is 30.1 Å². The standard InChI is InChI=1S/C14H13FN2O3/c1-8-3-4-10(5-12(8)15)14(19)20-7-13(18)11(6-16)9(2)17/h3-5,11,17H,7H2,1-2H3/t11-/m1/s1. The second-order valence-electron chi connectivity index (χ2n) is 4.25. The zero-order chi connectivity index (χ0) is 15.3. The van der Waals surface area contributed by atoms with Crippen LogP contribution in [0.2, 0.25) is 0 Å². The number of carbonyl (C=O) groups excluding carboxylic acids is 2. The fourth-order valence-corrected chi connectivity index (χ4v) is 1.43. The molecule has 0 aliphatic carbocycles. The van der Waals surface area contributed by atoms with E-state index in [1.807, 2.05) is 0 Å². The number of nitrogens with one attached hydrogen (secondary N) is 1. The molecule has 20 heavy (non-hydrogen) atoms. The maximum absolute atomic E-state index is 13.3. The number of hydrogen-bond donors (Lipinski definition) is 1. The number of rotatable bonds is 5. The van der Waals surface area contributed by atoms with Crippen molar-refractivity contribution in [1.29, 1.82) is 10.7 Å². The number of nitriles is 1. The molecule has 6 heteroatoms. The number of esters is 1. The minimum Gasteiger partial charge on any atom is -0.454 e. The van der Waals surface area contributed by atoms with Crippen LogP contribution in [0.4, 0.5) is 4.39 Å². The molecular formula is C14H13FN2O3. The molecule has 0 heterocycles. The lowest BCUT2D eigenvalue weighted by Crippen LogP contribution is -2.25. The fraction of sp³-hybridized carbons (Fsp3) is 0.286. The third-order valence-corrected chi connectivity index (χ3v) is 2.64. The summed E-state index contributed by atoms with van der Waals surface area (Å²) in [6.07, 6.45) is 0.